The SMILES string of the molecule is CN1CCCC1Cc1nc(C2CCCN2)no1. The molecule has 0 saturated carbocycles. The standard InChI is InChI=1S/C12H20N4O/c1-16-7-3-4-9(16)8-11-14-12(15-17-11)10-5-2-6-13-10/h9-10,13H,2-8H2,1H3. The van der Waals surface area contributed by atoms with Crippen LogP contribution in [0, 0.1) is 0 Å². The number of rotatable bonds is 3. The lowest BCUT2D eigenvalue weighted by atomic mass is 10.1. The van der Waals surface area contributed by atoms with Gasteiger partial charge in [-0.15, -0.1) is 0 Å². The number of likely N-dealkylation sites (tertiary alicyclic amines) is 1. The van der Waals surface area contributed by atoms with Gasteiger partial charge in [0.05, 0.1) is 6.04 Å². The molecule has 2 unspecified atom stereocenters. The molecule has 3 heterocycles. The van der Waals surface area contributed by atoms with Crippen molar-refractivity contribution < 1.29 is 4.52 Å². The normalized spacial score (nSPS) is 30.2. The van der Waals surface area contributed by atoms with Crippen molar-refractivity contribution >= 4 is 0 Å². The topological polar surface area (TPSA) is 54.2 Å². The largest absolute Gasteiger partial charge is 0.339 e. The number of hydrogen-bond acceptors (Lipinski definition) is 5. The fourth-order valence-corrected chi connectivity index (χ4v) is 2.84. The summed E-state index contributed by atoms with van der Waals surface area (Å²) < 4.78 is 5.36. The minimum atomic E-state index is 0.314. The molecule has 2 fully saturated rings. The van der Waals surface area contributed by atoms with E-state index in [0.717, 1.165) is 31.1 Å². The van der Waals surface area contributed by atoms with Crippen LogP contribution in [0.3, 0.4) is 0 Å². The molecule has 2 aliphatic heterocycles. The van der Waals surface area contributed by atoms with Gasteiger partial charge in [0, 0.05) is 12.5 Å². The maximum atomic E-state index is 5.36. The zero-order valence-corrected chi connectivity index (χ0v) is 10.4. The summed E-state index contributed by atoms with van der Waals surface area (Å²) in [4.78, 5) is 6.91. The average Bonchev–Trinajstić information content (AvgIpc) is 3.02. The summed E-state index contributed by atoms with van der Waals surface area (Å²) >= 11 is 0. The monoisotopic (exact) mass is 236 g/mol. The van der Waals surface area contributed by atoms with Gasteiger partial charge in [0.1, 0.15) is 0 Å². The summed E-state index contributed by atoms with van der Waals surface area (Å²) in [7, 11) is 2.17. The van der Waals surface area contributed by atoms with E-state index in [9.17, 15) is 0 Å². The molecule has 0 amide bonds. The molecule has 3 rings (SSSR count). The molecule has 1 aromatic rings. The summed E-state index contributed by atoms with van der Waals surface area (Å²) in [6, 6.07) is 0.897. The van der Waals surface area contributed by atoms with Gasteiger partial charge in [-0.25, -0.2) is 0 Å². The Bertz CT molecular complexity index is 372. The number of nitrogens with one attached hydrogen (secondary N) is 1. The van der Waals surface area contributed by atoms with Crippen LogP contribution in [0.1, 0.15) is 43.4 Å². The smallest absolute Gasteiger partial charge is 0.228 e. The molecule has 1 aromatic heterocycles. The van der Waals surface area contributed by atoms with Gasteiger partial charge < -0.3 is 14.7 Å². The molecule has 0 spiro atoms. The van der Waals surface area contributed by atoms with E-state index in [4.69, 9.17) is 4.52 Å². The van der Waals surface area contributed by atoms with Gasteiger partial charge in [0.15, 0.2) is 5.82 Å². The van der Waals surface area contributed by atoms with Crippen LogP contribution in [0.5, 0.6) is 0 Å². The molecule has 5 heteroatoms. The Morgan fingerprint density at radius 2 is 2.35 bits per heavy atom. The van der Waals surface area contributed by atoms with Crippen LogP contribution >= 0.6 is 0 Å². The third kappa shape index (κ3) is 2.35. The number of likely N-dealkylation sites (N-methyl/N-ethyl adjacent to an activating group) is 1. The second kappa shape index (κ2) is 4.74. The van der Waals surface area contributed by atoms with E-state index in [2.05, 4.69) is 27.4 Å². The van der Waals surface area contributed by atoms with Gasteiger partial charge in [-0.2, -0.15) is 4.98 Å². The van der Waals surface area contributed by atoms with Crippen LogP contribution in [0.4, 0.5) is 0 Å². The Morgan fingerprint density at radius 3 is 3.06 bits per heavy atom. The van der Waals surface area contributed by atoms with Crippen molar-refractivity contribution in [1.82, 2.24) is 20.4 Å². The summed E-state index contributed by atoms with van der Waals surface area (Å²) in [5, 5.41) is 7.49. The van der Waals surface area contributed by atoms with Crippen molar-refractivity contribution in [3.05, 3.63) is 11.7 Å². The first-order valence-electron chi connectivity index (χ1n) is 6.59. The molecule has 1 N–H and O–H groups in total. The molecule has 2 atom stereocenters. The van der Waals surface area contributed by atoms with E-state index < -0.39 is 0 Å². The zero-order chi connectivity index (χ0) is 11.7. The Balaban J connectivity index is 1.63. The van der Waals surface area contributed by atoms with E-state index in [0.29, 0.717) is 12.1 Å². The van der Waals surface area contributed by atoms with Crippen molar-refractivity contribution in [2.45, 2.75) is 44.2 Å². The van der Waals surface area contributed by atoms with Crippen molar-refractivity contribution in [2.24, 2.45) is 0 Å². The van der Waals surface area contributed by atoms with Crippen molar-refractivity contribution in [1.29, 1.82) is 0 Å². The molecular weight excluding hydrogens is 216 g/mol. The maximum Gasteiger partial charge on any atom is 0.228 e. The highest BCUT2D eigenvalue weighted by molar-refractivity contribution is 4.98. The minimum Gasteiger partial charge on any atom is -0.339 e. The molecule has 5 nitrogen and oxygen atoms in total. The van der Waals surface area contributed by atoms with Crippen molar-refractivity contribution in [2.75, 3.05) is 20.1 Å². The molecule has 0 radical (unpaired) electrons. The van der Waals surface area contributed by atoms with Crippen LogP contribution in [-0.2, 0) is 6.42 Å². The highest BCUT2D eigenvalue weighted by Crippen LogP contribution is 2.22. The lowest BCUT2D eigenvalue weighted by Crippen LogP contribution is -2.27. The fraction of sp³-hybridized carbons (Fsp3) is 0.833. The van der Waals surface area contributed by atoms with E-state index in [1.54, 1.807) is 0 Å². The van der Waals surface area contributed by atoms with Crippen LogP contribution in [0.15, 0.2) is 4.52 Å². The van der Waals surface area contributed by atoms with Crippen LogP contribution in [-0.4, -0.2) is 41.2 Å². The Morgan fingerprint density at radius 1 is 1.41 bits per heavy atom. The first-order chi connectivity index (χ1) is 8.33. The van der Waals surface area contributed by atoms with E-state index in [-0.39, 0.29) is 0 Å². The highest BCUT2D eigenvalue weighted by Gasteiger charge is 2.25. The Labute approximate surface area is 102 Å². The van der Waals surface area contributed by atoms with Gasteiger partial charge in [-0.1, -0.05) is 5.16 Å². The fourth-order valence-electron chi connectivity index (χ4n) is 2.84. The van der Waals surface area contributed by atoms with E-state index in [1.807, 2.05) is 0 Å². The van der Waals surface area contributed by atoms with Crippen LogP contribution in [0.2, 0.25) is 0 Å². The van der Waals surface area contributed by atoms with Gasteiger partial charge in [-0.05, 0) is 45.8 Å². The quantitative estimate of drug-likeness (QED) is 0.852. The minimum absolute atomic E-state index is 0.314. The van der Waals surface area contributed by atoms with E-state index in [1.165, 1.54) is 25.8 Å². The van der Waals surface area contributed by atoms with Crippen LogP contribution in [0.25, 0.3) is 0 Å². The number of hydrogen-bond donors (Lipinski definition) is 1. The Hall–Kier alpha value is -0.940. The highest BCUT2D eigenvalue weighted by atomic mass is 16.5. The van der Waals surface area contributed by atoms with Crippen LogP contribution < -0.4 is 5.32 Å². The number of aromatic nitrogens is 2. The molecule has 94 valence electrons. The third-order valence-corrected chi connectivity index (χ3v) is 3.94. The van der Waals surface area contributed by atoms with E-state index >= 15 is 0 Å². The predicted molar refractivity (Wildman–Crippen MR) is 63.6 cm³/mol. The Kier molecular flexibility index (Phi) is 3.11. The molecule has 0 aliphatic carbocycles. The maximum absolute atomic E-state index is 5.36. The molecular formula is C12H20N4O. The molecule has 2 saturated heterocycles. The summed E-state index contributed by atoms with van der Waals surface area (Å²) in [6.45, 7) is 2.26. The van der Waals surface area contributed by atoms with Gasteiger partial charge in [-0.3, -0.25) is 0 Å². The molecule has 0 aromatic carbocycles. The first-order valence-corrected chi connectivity index (χ1v) is 6.59. The van der Waals surface area contributed by atoms with Crippen molar-refractivity contribution in [3.8, 4) is 0 Å². The van der Waals surface area contributed by atoms with Gasteiger partial charge in [0.2, 0.25) is 5.89 Å². The zero-order valence-electron chi connectivity index (χ0n) is 10.4. The molecule has 17 heavy (non-hydrogen) atoms. The van der Waals surface area contributed by atoms with Gasteiger partial charge >= 0.3 is 0 Å². The lowest BCUT2D eigenvalue weighted by molar-refractivity contribution is 0.278. The summed E-state index contributed by atoms with van der Waals surface area (Å²) in [5.74, 6) is 1.64. The number of nitrogens with zero attached hydrogens (tertiary/aromatic N) is 3. The van der Waals surface area contributed by atoms with Gasteiger partial charge in [0.25, 0.3) is 0 Å². The molecule has 0 bridgehead atoms. The first kappa shape index (κ1) is 11.2. The summed E-state index contributed by atoms with van der Waals surface area (Å²) in [6.07, 6.45) is 5.76. The third-order valence-electron chi connectivity index (χ3n) is 3.94. The van der Waals surface area contributed by atoms with Crippen molar-refractivity contribution in [3.63, 3.8) is 0 Å². The second-order valence-corrected chi connectivity index (χ2v) is 5.18. The average molecular weight is 236 g/mol. The predicted octanol–water partition coefficient (Wildman–Crippen LogP) is 1.13. The molecule has 2 aliphatic rings. The second-order valence-electron chi connectivity index (χ2n) is 5.18. The summed E-state index contributed by atoms with van der Waals surface area (Å²) in [5.41, 5.74) is 0. The lowest BCUT2D eigenvalue weighted by Gasteiger charge is -2.16.